The number of ether oxygens (including phenoxy) is 1. The van der Waals surface area contributed by atoms with Crippen molar-refractivity contribution in [2.24, 2.45) is 0 Å². The first kappa shape index (κ1) is 20.5. The van der Waals surface area contributed by atoms with Crippen molar-refractivity contribution in [1.82, 2.24) is 0 Å². The third-order valence-electron chi connectivity index (χ3n) is 4.81. The maximum atomic E-state index is 13.1. The van der Waals surface area contributed by atoms with Gasteiger partial charge in [-0.1, -0.05) is 0 Å². The molecule has 0 radical (unpaired) electrons. The highest BCUT2D eigenvalue weighted by molar-refractivity contribution is 5.90. The number of aromatic hydroxyl groups is 3. The lowest BCUT2D eigenvalue weighted by molar-refractivity contribution is -0.0472. The minimum absolute atomic E-state index is 0.0237. The lowest BCUT2D eigenvalue weighted by atomic mass is 9.93. The van der Waals surface area contributed by atoms with Crippen molar-refractivity contribution in [3.8, 4) is 34.1 Å². The predicted octanol–water partition coefficient (Wildman–Crippen LogP) is 2.26. The highest BCUT2D eigenvalue weighted by Gasteiger charge is 2.29. The molecule has 0 saturated heterocycles. The molecular formula is C21H22O8. The average molecular weight is 402 g/mol. The second kappa shape index (κ2) is 7.31. The van der Waals surface area contributed by atoms with Gasteiger partial charge in [-0.2, -0.15) is 0 Å². The fourth-order valence-corrected chi connectivity index (χ4v) is 3.04. The molecule has 0 bridgehead atoms. The van der Waals surface area contributed by atoms with Crippen LogP contribution in [0.5, 0.6) is 23.0 Å². The molecule has 154 valence electrons. The van der Waals surface area contributed by atoms with Crippen LogP contribution < -0.4 is 10.2 Å². The van der Waals surface area contributed by atoms with Gasteiger partial charge in [-0.25, -0.2) is 0 Å². The molecule has 1 unspecified atom stereocenters. The normalized spacial score (nSPS) is 12.9. The van der Waals surface area contributed by atoms with Crippen LogP contribution in [0.4, 0.5) is 0 Å². The number of aliphatic hydroxyl groups excluding tert-OH is 1. The number of benzene rings is 2. The third kappa shape index (κ3) is 3.72. The topological polar surface area (TPSA) is 141 Å². The molecule has 29 heavy (non-hydrogen) atoms. The van der Waals surface area contributed by atoms with E-state index in [0.717, 1.165) is 12.3 Å². The van der Waals surface area contributed by atoms with E-state index in [-0.39, 0.29) is 51.3 Å². The second-order valence-electron chi connectivity index (χ2n) is 7.33. The van der Waals surface area contributed by atoms with Crippen molar-refractivity contribution in [1.29, 1.82) is 0 Å². The van der Waals surface area contributed by atoms with E-state index in [0.29, 0.717) is 0 Å². The molecule has 0 aliphatic carbocycles. The molecule has 0 saturated carbocycles. The fraction of sp³-hybridized carbons (Fsp3) is 0.286. The third-order valence-corrected chi connectivity index (χ3v) is 4.81. The second-order valence-corrected chi connectivity index (χ2v) is 7.33. The van der Waals surface area contributed by atoms with Gasteiger partial charge < -0.3 is 34.7 Å². The van der Waals surface area contributed by atoms with Crippen LogP contribution in [0.25, 0.3) is 22.1 Å². The van der Waals surface area contributed by atoms with E-state index in [4.69, 9.17) is 9.15 Å². The Morgan fingerprint density at radius 2 is 1.83 bits per heavy atom. The molecular weight excluding hydrogens is 380 g/mol. The molecule has 2 aromatic carbocycles. The summed E-state index contributed by atoms with van der Waals surface area (Å²) in [6.07, 6.45) is -0.278. The highest BCUT2D eigenvalue weighted by atomic mass is 16.5. The van der Waals surface area contributed by atoms with Crippen LogP contribution in [0.2, 0.25) is 0 Å². The van der Waals surface area contributed by atoms with Gasteiger partial charge in [0.05, 0.1) is 24.4 Å². The van der Waals surface area contributed by atoms with E-state index >= 15 is 0 Å². The first-order valence-electron chi connectivity index (χ1n) is 8.81. The molecule has 0 aliphatic heterocycles. The summed E-state index contributed by atoms with van der Waals surface area (Å²) in [5, 5.41) is 50.4. The van der Waals surface area contributed by atoms with Crippen LogP contribution in [0.15, 0.2) is 39.7 Å². The Hall–Kier alpha value is -3.23. The quantitative estimate of drug-likeness (QED) is 0.438. The molecule has 3 aromatic rings. The lowest BCUT2D eigenvalue weighted by Gasteiger charge is -2.25. The van der Waals surface area contributed by atoms with E-state index in [2.05, 4.69) is 0 Å². The first-order valence-corrected chi connectivity index (χ1v) is 8.81. The van der Waals surface area contributed by atoms with Gasteiger partial charge in [0.1, 0.15) is 40.2 Å². The van der Waals surface area contributed by atoms with Crippen LogP contribution in [0, 0.1) is 0 Å². The highest BCUT2D eigenvalue weighted by Crippen LogP contribution is 2.38. The van der Waals surface area contributed by atoms with E-state index in [1.807, 2.05) is 0 Å². The summed E-state index contributed by atoms with van der Waals surface area (Å²) >= 11 is 0. The van der Waals surface area contributed by atoms with Crippen molar-refractivity contribution < 1.29 is 34.7 Å². The van der Waals surface area contributed by atoms with E-state index in [1.165, 1.54) is 39.2 Å². The molecule has 8 heteroatoms. The number of rotatable bonds is 5. The van der Waals surface area contributed by atoms with Gasteiger partial charge in [-0.05, 0) is 26.0 Å². The summed E-state index contributed by atoms with van der Waals surface area (Å²) < 4.78 is 10.7. The summed E-state index contributed by atoms with van der Waals surface area (Å²) in [6, 6.07) is 5.14. The Balaban J connectivity index is 2.26. The fourth-order valence-electron chi connectivity index (χ4n) is 3.04. The van der Waals surface area contributed by atoms with E-state index in [9.17, 15) is 30.3 Å². The van der Waals surface area contributed by atoms with Crippen molar-refractivity contribution in [2.45, 2.75) is 32.0 Å². The Morgan fingerprint density at radius 3 is 2.41 bits per heavy atom. The molecule has 0 amide bonds. The molecule has 0 spiro atoms. The maximum absolute atomic E-state index is 13.1. The molecule has 5 N–H and O–H groups in total. The van der Waals surface area contributed by atoms with Gasteiger partial charge in [-0.3, -0.25) is 4.79 Å². The number of hydrogen-bond donors (Lipinski definition) is 5. The van der Waals surface area contributed by atoms with Gasteiger partial charge >= 0.3 is 0 Å². The average Bonchev–Trinajstić information content (AvgIpc) is 2.63. The number of phenolic OH excluding ortho intramolecular Hbond substituents is 3. The summed E-state index contributed by atoms with van der Waals surface area (Å²) in [4.78, 5) is 13.1. The molecule has 1 atom stereocenters. The first-order chi connectivity index (χ1) is 13.5. The summed E-state index contributed by atoms with van der Waals surface area (Å²) in [5.74, 6) is -0.771. The lowest BCUT2D eigenvalue weighted by Crippen LogP contribution is -2.37. The van der Waals surface area contributed by atoms with Gasteiger partial charge in [0.15, 0.2) is 0 Å². The minimum atomic E-state index is -1.45. The summed E-state index contributed by atoms with van der Waals surface area (Å²) in [7, 11) is 1.36. The molecule has 1 heterocycles. The smallest absolute Gasteiger partial charge is 0.204 e. The SMILES string of the molecule is COc1cc2occ(-c3ccc(O)cc3O)c(=O)c2c(O)c1CC(O)C(C)(C)O. The van der Waals surface area contributed by atoms with Crippen LogP contribution in [0.1, 0.15) is 19.4 Å². The Bertz CT molecular complexity index is 1120. The van der Waals surface area contributed by atoms with Crippen LogP contribution in [-0.4, -0.2) is 44.3 Å². The standard InChI is InChI=1S/C21H22O8/c1-21(2,27)17(24)7-12-15(28-3)8-16-18(19(12)25)20(26)13(9-29-16)11-5-4-10(22)6-14(11)23/h4-6,8-9,17,22-25,27H,7H2,1-3H3. The summed E-state index contributed by atoms with van der Waals surface area (Å²) in [6.45, 7) is 2.84. The van der Waals surface area contributed by atoms with Gasteiger partial charge in [0, 0.05) is 29.7 Å². The molecule has 0 aliphatic rings. The number of phenols is 3. The largest absolute Gasteiger partial charge is 0.508 e. The van der Waals surface area contributed by atoms with Crippen molar-refractivity contribution in [3.63, 3.8) is 0 Å². The van der Waals surface area contributed by atoms with E-state index in [1.54, 1.807) is 0 Å². The van der Waals surface area contributed by atoms with Crippen LogP contribution >= 0.6 is 0 Å². The van der Waals surface area contributed by atoms with Crippen molar-refractivity contribution >= 4 is 11.0 Å². The van der Waals surface area contributed by atoms with Crippen molar-refractivity contribution in [2.75, 3.05) is 7.11 Å². The molecule has 1 aromatic heterocycles. The Morgan fingerprint density at radius 1 is 1.14 bits per heavy atom. The Kier molecular flexibility index (Phi) is 5.16. The Labute approximate surface area is 165 Å². The zero-order valence-electron chi connectivity index (χ0n) is 16.1. The van der Waals surface area contributed by atoms with Gasteiger partial charge in [0.25, 0.3) is 0 Å². The molecule has 8 nitrogen and oxygen atoms in total. The molecule has 3 rings (SSSR count). The van der Waals surface area contributed by atoms with E-state index < -0.39 is 22.9 Å². The van der Waals surface area contributed by atoms with Gasteiger partial charge in [0.2, 0.25) is 5.43 Å². The minimum Gasteiger partial charge on any atom is -0.508 e. The maximum Gasteiger partial charge on any atom is 0.204 e. The number of hydrogen-bond acceptors (Lipinski definition) is 8. The zero-order chi connectivity index (χ0) is 21.5. The van der Waals surface area contributed by atoms with Gasteiger partial charge in [-0.15, -0.1) is 0 Å². The number of aliphatic hydroxyl groups is 2. The monoisotopic (exact) mass is 402 g/mol. The van der Waals surface area contributed by atoms with Crippen LogP contribution in [0.3, 0.4) is 0 Å². The molecule has 0 fully saturated rings. The number of fused-ring (bicyclic) bond motifs is 1. The number of methoxy groups -OCH3 is 1. The van der Waals surface area contributed by atoms with Crippen molar-refractivity contribution in [3.05, 3.63) is 46.3 Å². The zero-order valence-corrected chi connectivity index (χ0v) is 16.1. The predicted molar refractivity (Wildman–Crippen MR) is 105 cm³/mol. The van der Waals surface area contributed by atoms with Crippen LogP contribution in [-0.2, 0) is 6.42 Å². The summed E-state index contributed by atoms with van der Waals surface area (Å²) in [5.41, 5.74) is -1.79.